The van der Waals surface area contributed by atoms with Crippen molar-refractivity contribution in [1.82, 2.24) is 14.8 Å². The lowest BCUT2D eigenvalue weighted by molar-refractivity contribution is 0.0507. The van der Waals surface area contributed by atoms with Crippen LogP contribution in [0.3, 0.4) is 0 Å². The summed E-state index contributed by atoms with van der Waals surface area (Å²) < 4.78 is 8.46. The van der Waals surface area contributed by atoms with Crippen molar-refractivity contribution in [1.29, 1.82) is 0 Å². The number of rotatable bonds is 3. The molecule has 0 radical (unpaired) electrons. The zero-order valence-corrected chi connectivity index (χ0v) is 11.0. The van der Waals surface area contributed by atoms with E-state index >= 15 is 0 Å². The summed E-state index contributed by atoms with van der Waals surface area (Å²) in [5.41, 5.74) is 0. The normalized spacial score (nSPS) is 23.8. The summed E-state index contributed by atoms with van der Waals surface area (Å²) in [4.78, 5) is 0. The van der Waals surface area contributed by atoms with Crippen molar-refractivity contribution in [2.24, 2.45) is 5.92 Å². The van der Waals surface area contributed by atoms with E-state index in [4.69, 9.17) is 17.0 Å². The number of aromatic nitrogens is 3. The number of nitrogens with one attached hydrogen (secondary N) is 1. The van der Waals surface area contributed by atoms with Crippen LogP contribution in [-0.2, 0) is 4.74 Å². The number of hydrogen-bond donors (Lipinski definition) is 1. The Morgan fingerprint density at radius 3 is 2.71 bits per heavy atom. The lowest BCUT2D eigenvalue weighted by atomic mass is 9.92. The molecule has 0 spiro atoms. The standard InChI is InChI=1S/C12H19N3OS/c1-8(9-4-6-16-7-5-9)15-11(10-2-3-10)13-14-12(15)17/h8-10H,2-7H2,1H3,(H,14,17). The third-order valence-corrected chi connectivity index (χ3v) is 4.32. The van der Waals surface area contributed by atoms with Gasteiger partial charge >= 0.3 is 0 Å². The summed E-state index contributed by atoms with van der Waals surface area (Å²) in [6, 6.07) is 0.445. The van der Waals surface area contributed by atoms with E-state index in [1.807, 2.05) is 0 Å². The minimum absolute atomic E-state index is 0.445. The summed E-state index contributed by atoms with van der Waals surface area (Å²) in [6.07, 6.45) is 4.80. The second kappa shape index (κ2) is 4.53. The average Bonchev–Trinajstić information content (AvgIpc) is 3.13. The van der Waals surface area contributed by atoms with E-state index in [2.05, 4.69) is 21.7 Å². The van der Waals surface area contributed by atoms with Crippen LogP contribution in [0, 0.1) is 10.7 Å². The quantitative estimate of drug-likeness (QED) is 0.842. The number of ether oxygens (including phenoxy) is 1. The second-order valence-corrected chi connectivity index (χ2v) is 5.61. The predicted octanol–water partition coefficient (Wildman–Crippen LogP) is 2.81. The first-order chi connectivity index (χ1) is 8.27. The van der Waals surface area contributed by atoms with Crippen LogP contribution in [0.5, 0.6) is 0 Å². The van der Waals surface area contributed by atoms with Crippen molar-refractivity contribution in [3.05, 3.63) is 10.6 Å². The lowest BCUT2D eigenvalue weighted by Gasteiger charge is -2.29. The molecule has 1 unspecified atom stereocenters. The minimum atomic E-state index is 0.445. The lowest BCUT2D eigenvalue weighted by Crippen LogP contribution is -2.25. The van der Waals surface area contributed by atoms with Crippen molar-refractivity contribution in [2.45, 2.75) is 44.6 Å². The fourth-order valence-electron chi connectivity index (χ4n) is 2.75. The van der Waals surface area contributed by atoms with Crippen LogP contribution in [0.15, 0.2) is 0 Å². The molecular formula is C12H19N3OS. The van der Waals surface area contributed by atoms with E-state index in [0.717, 1.165) is 30.8 Å². The van der Waals surface area contributed by atoms with Gasteiger partial charge in [-0.2, -0.15) is 5.10 Å². The van der Waals surface area contributed by atoms with Gasteiger partial charge in [0.05, 0.1) is 0 Å². The van der Waals surface area contributed by atoms with Gasteiger partial charge in [-0.1, -0.05) is 0 Å². The summed E-state index contributed by atoms with van der Waals surface area (Å²) in [6.45, 7) is 4.05. The number of hydrogen-bond acceptors (Lipinski definition) is 3. The van der Waals surface area contributed by atoms with Crippen molar-refractivity contribution < 1.29 is 4.74 Å². The Hall–Kier alpha value is -0.680. The Bertz CT molecular complexity index is 443. The number of aromatic amines is 1. The number of nitrogens with zero attached hydrogens (tertiary/aromatic N) is 2. The number of H-pyrrole nitrogens is 1. The zero-order valence-electron chi connectivity index (χ0n) is 10.2. The van der Waals surface area contributed by atoms with Gasteiger partial charge in [0.2, 0.25) is 0 Å². The summed E-state index contributed by atoms with van der Waals surface area (Å²) in [5.74, 6) is 2.49. The van der Waals surface area contributed by atoms with Crippen LogP contribution >= 0.6 is 12.2 Å². The van der Waals surface area contributed by atoms with Gasteiger partial charge in [-0.05, 0) is 50.7 Å². The average molecular weight is 253 g/mol. The summed E-state index contributed by atoms with van der Waals surface area (Å²) in [5, 5.41) is 7.37. The van der Waals surface area contributed by atoms with Crippen LogP contribution in [0.4, 0.5) is 0 Å². The molecule has 2 aliphatic rings. The van der Waals surface area contributed by atoms with Crippen LogP contribution in [0.1, 0.15) is 50.4 Å². The van der Waals surface area contributed by atoms with E-state index in [0.29, 0.717) is 17.9 Å². The zero-order chi connectivity index (χ0) is 11.8. The summed E-state index contributed by atoms with van der Waals surface area (Å²) in [7, 11) is 0. The molecule has 0 bridgehead atoms. The van der Waals surface area contributed by atoms with Gasteiger partial charge in [-0.15, -0.1) is 0 Å². The highest BCUT2D eigenvalue weighted by atomic mass is 32.1. The van der Waals surface area contributed by atoms with Crippen LogP contribution in [-0.4, -0.2) is 28.0 Å². The maximum atomic E-state index is 5.43. The highest BCUT2D eigenvalue weighted by molar-refractivity contribution is 7.71. The molecule has 2 fully saturated rings. The maximum Gasteiger partial charge on any atom is 0.195 e. The van der Waals surface area contributed by atoms with Crippen LogP contribution in [0.2, 0.25) is 0 Å². The monoisotopic (exact) mass is 253 g/mol. The van der Waals surface area contributed by atoms with Gasteiger partial charge < -0.3 is 9.30 Å². The van der Waals surface area contributed by atoms with E-state index in [1.54, 1.807) is 0 Å². The molecule has 1 aliphatic carbocycles. The minimum Gasteiger partial charge on any atom is -0.381 e. The van der Waals surface area contributed by atoms with Crippen LogP contribution < -0.4 is 0 Å². The smallest absolute Gasteiger partial charge is 0.195 e. The van der Waals surface area contributed by atoms with E-state index in [1.165, 1.54) is 18.7 Å². The maximum absolute atomic E-state index is 5.43. The fourth-order valence-corrected chi connectivity index (χ4v) is 3.05. The molecular weight excluding hydrogens is 234 g/mol. The molecule has 1 aromatic rings. The molecule has 1 aromatic heterocycles. The van der Waals surface area contributed by atoms with Crippen molar-refractivity contribution in [3.8, 4) is 0 Å². The molecule has 1 aliphatic heterocycles. The van der Waals surface area contributed by atoms with E-state index < -0.39 is 0 Å². The molecule has 0 amide bonds. The Balaban J connectivity index is 1.86. The SMILES string of the molecule is CC(C1CCOCC1)n1c(C2CC2)n[nH]c1=S. The Kier molecular flexibility index (Phi) is 3.04. The predicted molar refractivity (Wildman–Crippen MR) is 67.6 cm³/mol. The van der Waals surface area contributed by atoms with Crippen molar-refractivity contribution in [2.75, 3.05) is 13.2 Å². The first-order valence-electron chi connectivity index (χ1n) is 6.52. The Morgan fingerprint density at radius 2 is 2.06 bits per heavy atom. The Morgan fingerprint density at radius 1 is 1.35 bits per heavy atom. The largest absolute Gasteiger partial charge is 0.381 e. The molecule has 5 heteroatoms. The first kappa shape index (κ1) is 11.4. The topological polar surface area (TPSA) is 42.8 Å². The molecule has 17 heavy (non-hydrogen) atoms. The molecule has 3 rings (SSSR count). The molecule has 0 aromatic carbocycles. The van der Waals surface area contributed by atoms with Gasteiger partial charge in [0.25, 0.3) is 0 Å². The van der Waals surface area contributed by atoms with Gasteiger partial charge in [0, 0.05) is 25.2 Å². The molecule has 2 heterocycles. The van der Waals surface area contributed by atoms with Gasteiger partial charge in [0.15, 0.2) is 4.77 Å². The van der Waals surface area contributed by atoms with E-state index in [9.17, 15) is 0 Å². The third kappa shape index (κ3) is 2.18. The molecule has 1 N–H and O–H groups in total. The molecule has 1 saturated heterocycles. The van der Waals surface area contributed by atoms with Crippen molar-refractivity contribution in [3.63, 3.8) is 0 Å². The van der Waals surface area contributed by atoms with Gasteiger partial charge in [-0.25, -0.2) is 0 Å². The summed E-state index contributed by atoms with van der Waals surface area (Å²) >= 11 is 5.38. The second-order valence-electron chi connectivity index (χ2n) is 5.22. The van der Waals surface area contributed by atoms with Crippen molar-refractivity contribution >= 4 is 12.2 Å². The van der Waals surface area contributed by atoms with E-state index in [-0.39, 0.29) is 0 Å². The highest BCUT2D eigenvalue weighted by Crippen LogP contribution is 2.41. The molecule has 1 saturated carbocycles. The Labute approximate surface area is 106 Å². The fraction of sp³-hybridized carbons (Fsp3) is 0.833. The molecule has 94 valence electrons. The molecule has 1 atom stereocenters. The first-order valence-corrected chi connectivity index (χ1v) is 6.92. The molecule has 4 nitrogen and oxygen atoms in total. The highest BCUT2D eigenvalue weighted by Gasteiger charge is 2.32. The van der Waals surface area contributed by atoms with Gasteiger partial charge in [-0.3, -0.25) is 5.10 Å². The van der Waals surface area contributed by atoms with Crippen LogP contribution in [0.25, 0.3) is 0 Å². The van der Waals surface area contributed by atoms with Gasteiger partial charge in [0.1, 0.15) is 5.82 Å². The third-order valence-electron chi connectivity index (χ3n) is 4.03.